The lowest BCUT2D eigenvalue weighted by atomic mass is 10.2. The molecule has 0 saturated carbocycles. The van der Waals surface area contributed by atoms with Crippen LogP contribution in [0.15, 0.2) is 28.8 Å². The van der Waals surface area contributed by atoms with Gasteiger partial charge in [0.25, 0.3) is 0 Å². The van der Waals surface area contributed by atoms with Crippen LogP contribution < -0.4 is 4.74 Å². The molecule has 0 atom stereocenters. The first-order valence-electron chi connectivity index (χ1n) is 5.77. The highest BCUT2D eigenvalue weighted by atomic mass is 16.5. The number of nitrogens with zero attached hydrogens (tertiary/aromatic N) is 3. The molecule has 0 N–H and O–H groups in total. The standard InChI is InChI=1S/C13H13N3O2/c1-2-17-11-7-4-3-6-10(11)13-15-12(18-16-13)8-5-9-14/h3-4,6-7H,2,5,8H2,1H3. The fourth-order valence-electron chi connectivity index (χ4n) is 1.56. The van der Waals surface area contributed by atoms with E-state index in [9.17, 15) is 0 Å². The van der Waals surface area contributed by atoms with Gasteiger partial charge >= 0.3 is 0 Å². The van der Waals surface area contributed by atoms with Crippen LogP contribution in [0.5, 0.6) is 5.75 Å². The van der Waals surface area contributed by atoms with Crippen LogP contribution in [0.4, 0.5) is 0 Å². The zero-order chi connectivity index (χ0) is 12.8. The summed E-state index contributed by atoms with van der Waals surface area (Å²) in [4.78, 5) is 4.25. The monoisotopic (exact) mass is 243 g/mol. The average molecular weight is 243 g/mol. The SMILES string of the molecule is CCOc1ccccc1-c1noc(CCC#N)n1. The molecule has 0 saturated heterocycles. The van der Waals surface area contributed by atoms with Crippen LogP contribution in [-0.4, -0.2) is 16.7 Å². The summed E-state index contributed by atoms with van der Waals surface area (Å²) in [5, 5.41) is 12.4. The second-order valence-corrected chi connectivity index (χ2v) is 3.60. The third-order valence-electron chi connectivity index (χ3n) is 2.35. The number of rotatable bonds is 5. The van der Waals surface area contributed by atoms with Gasteiger partial charge in [-0.05, 0) is 19.1 Å². The summed E-state index contributed by atoms with van der Waals surface area (Å²) >= 11 is 0. The maximum absolute atomic E-state index is 8.51. The first kappa shape index (κ1) is 12.1. The van der Waals surface area contributed by atoms with Crippen molar-refractivity contribution in [3.8, 4) is 23.2 Å². The maximum atomic E-state index is 8.51. The molecule has 0 aliphatic carbocycles. The van der Waals surface area contributed by atoms with Crippen LogP contribution in [0.2, 0.25) is 0 Å². The van der Waals surface area contributed by atoms with Crippen molar-refractivity contribution in [2.75, 3.05) is 6.61 Å². The predicted octanol–water partition coefficient (Wildman–Crippen LogP) is 2.59. The molecule has 0 bridgehead atoms. The van der Waals surface area contributed by atoms with Gasteiger partial charge in [-0.15, -0.1) is 0 Å². The van der Waals surface area contributed by atoms with Crippen LogP contribution in [0.1, 0.15) is 19.2 Å². The maximum Gasteiger partial charge on any atom is 0.227 e. The molecule has 5 heteroatoms. The number of hydrogen-bond donors (Lipinski definition) is 0. The fourth-order valence-corrected chi connectivity index (χ4v) is 1.56. The molecule has 2 rings (SSSR count). The Morgan fingerprint density at radius 3 is 3.00 bits per heavy atom. The van der Waals surface area contributed by atoms with Gasteiger partial charge in [0.1, 0.15) is 5.75 Å². The minimum atomic E-state index is 0.370. The van der Waals surface area contributed by atoms with Gasteiger partial charge in [-0.25, -0.2) is 0 Å². The summed E-state index contributed by atoms with van der Waals surface area (Å²) in [7, 11) is 0. The molecule has 0 aliphatic heterocycles. The van der Waals surface area contributed by atoms with Crippen molar-refractivity contribution >= 4 is 0 Å². The quantitative estimate of drug-likeness (QED) is 0.807. The largest absolute Gasteiger partial charge is 0.493 e. The van der Waals surface area contributed by atoms with Crippen LogP contribution in [-0.2, 0) is 6.42 Å². The Hall–Kier alpha value is -2.35. The number of para-hydroxylation sites is 1. The number of benzene rings is 1. The number of nitriles is 1. The zero-order valence-electron chi connectivity index (χ0n) is 10.1. The minimum absolute atomic E-state index is 0.370. The summed E-state index contributed by atoms with van der Waals surface area (Å²) < 4.78 is 10.6. The van der Waals surface area contributed by atoms with Crippen LogP contribution >= 0.6 is 0 Å². The molecular weight excluding hydrogens is 230 g/mol. The van der Waals surface area contributed by atoms with E-state index in [4.69, 9.17) is 14.5 Å². The van der Waals surface area contributed by atoms with Gasteiger partial charge in [0.15, 0.2) is 0 Å². The van der Waals surface area contributed by atoms with E-state index in [2.05, 4.69) is 10.1 Å². The summed E-state index contributed by atoms with van der Waals surface area (Å²) in [5.74, 6) is 1.69. The van der Waals surface area contributed by atoms with Gasteiger partial charge < -0.3 is 9.26 Å². The fraction of sp³-hybridized carbons (Fsp3) is 0.308. The Kier molecular flexibility index (Phi) is 3.92. The van der Waals surface area contributed by atoms with E-state index in [1.807, 2.05) is 37.3 Å². The van der Waals surface area contributed by atoms with E-state index in [1.165, 1.54) is 0 Å². The molecule has 92 valence electrons. The molecule has 0 radical (unpaired) electrons. The first-order valence-corrected chi connectivity index (χ1v) is 5.77. The highest BCUT2D eigenvalue weighted by Gasteiger charge is 2.12. The Labute approximate surface area is 105 Å². The Morgan fingerprint density at radius 1 is 1.39 bits per heavy atom. The molecule has 1 heterocycles. The molecule has 5 nitrogen and oxygen atoms in total. The van der Waals surface area contributed by atoms with E-state index in [-0.39, 0.29) is 0 Å². The van der Waals surface area contributed by atoms with Crippen LogP contribution in [0, 0.1) is 11.3 Å². The van der Waals surface area contributed by atoms with Gasteiger partial charge in [0, 0.05) is 12.8 Å². The summed E-state index contributed by atoms with van der Waals surface area (Å²) in [6, 6.07) is 9.57. The van der Waals surface area contributed by atoms with Gasteiger partial charge in [0.05, 0.1) is 18.2 Å². The van der Waals surface area contributed by atoms with Crippen molar-refractivity contribution < 1.29 is 9.26 Å². The molecule has 0 amide bonds. The first-order chi connectivity index (χ1) is 8.85. The molecule has 1 aromatic heterocycles. The number of aryl methyl sites for hydroxylation is 1. The second-order valence-electron chi connectivity index (χ2n) is 3.60. The third kappa shape index (κ3) is 2.66. The molecule has 0 unspecified atom stereocenters. The molecule has 1 aromatic carbocycles. The molecule has 0 fully saturated rings. The van der Waals surface area contributed by atoms with Gasteiger partial charge in [0.2, 0.25) is 11.7 Å². The van der Waals surface area contributed by atoms with Crippen molar-refractivity contribution in [2.24, 2.45) is 0 Å². The highest BCUT2D eigenvalue weighted by Crippen LogP contribution is 2.27. The zero-order valence-corrected chi connectivity index (χ0v) is 10.1. The molecule has 0 spiro atoms. The predicted molar refractivity (Wildman–Crippen MR) is 64.8 cm³/mol. The smallest absolute Gasteiger partial charge is 0.227 e. The lowest BCUT2D eigenvalue weighted by Gasteiger charge is -2.05. The van der Waals surface area contributed by atoms with Crippen molar-refractivity contribution in [1.29, 1.82) is 5.26 Å². The van der Waals surface area contributed by atoms with Crippen molar-refractivity contribution in [3.05, 3.63) is 30.2 Å². The summed E-state index contributed by atoms with van der Waals surface area (Å²) in [6.45, 7) is 2.50. The topological polar surface area (TPSA) is 71.9 Å². The number of hydrogen-bond acceptors (Lipinski definition) is 5. The van der Waals surface area contributed by atoms with Crippen molar-refractivity contribution in [1.82, 2.24) is 10.1 Å². The van der Waals surface area contributed by atoms with Crippen molar-refractivity contribution in [3.63, 3.8) is 0 Å². The van der Waals surface area contributed by atoms with Crippen molar-refractivity contribution in [2.45, 2.75) is 19.8 Å². The third-order valence-corrected chi connectivity index (χ3v) is 2.35. The number of aromatic nitrogens is 2. The lowest BCUT2D eigenvalue weighted by Crippen LogP contribution is -1.94. The molecule has 2 aromatic rings. The lowest BCUT2D eigenvalue weighted by molar-refractivity contribution is 0.341. The summed E-state index contributed by atoms with van der Waals surface area (Å²) in [6.07, 6.45) is 0.842. The van der Waals surface area contributed by atoms with Gasteiger partial charge in [-0.3, -0.25) is 0 Å². The second kappa shape index (κ2) is 5.82. The average Bonchev–Trinajstić information content (AvgIpc) is 2.86. The Bertz CT molecular complexity index is 557. The van der Waals surface area contributed by atoms with E-state index in [0.717, 1.165) is 11.3 Å². The molecule has 18 heavy (non-hydrogen) atoms. The Morgan fingerprint density at radius 2 is 2.22 bits per heavy atom. The van der Waals surface area contributed by atoms with Gasteiger partial charge in [-0.1, -0.05) is 17.3 Å². The van der Waals surface area contributed by atoms with E-state index >= 15 is 0 Å². The van der Waals surface area contributed by atoms with Gasteiger partial charge in [-0.2, -0.15) is 10.2 Å². The van der Waals surface area contributed by atoms with Crippen LogP contribution in [0.25, 0.3) is 11.4 Å². The van der Waals surface area contributed by atoms with E-state index in [1.54, 1.807) is 0 Å². The van der Waals surface area contributed by atoms with E-state index in [0.29, 0.717) is 31.2 Å². The summed E-state index contributed by atoms with van der Waals surface area (Å²) in [5.41, 5.74) is 0.798. The normalized spacial score (nSPS) is 10.0. The number of ether oxygens (including phenoxy) is 1. The van der Waals surface area contributed by atoms with E-state index < -0.39 is 0 Å². The molecular formula is C13H13N3O2. The molecule has 0 aliphatic rings. The van der Waals surface area contributed by atoms with Crippen LogP contribution in [0.3, 0.4) is 0 Å². The minimum Gasteiger partial charge on any atom is -0.493 e. The highest BCUT2D eigenvalue weighted by molar-refractivity contribution is 5.63. The Balaban J connectivity index is 2.25.